The molecule has 0 saturated heterocycles. The van der Waals surface area contributed by atoms with Crippen LogP contribution < -0.4 is 5.32 Å². The number of aromatic carboxylic acids is 1. The summed E-state index contributed by atoms with van der Waals surface area (Å²) in [5, 5.41) is 11.6. The van der Waals surface area contributed by atoms with Crippen LogP contribution in [-0.4, -0.2) is 17.6 Å². The molecule has 0 bridgehead atoms. The molecule has 4 nitrogen and oxygen atoms in total. The van der Waals surface area contributed by atoms with Gasteiger partial charge in [-0.1, -0.05) is 6.92 Å². The van der Waals surface area contributed by atoms with Crippen LogP contribution in [0, 0.1) is 0 Å². The van der Waals surface area contributed by atoms with Crippen LogP contribution in [0.2, 0.25) is 0 Å². The zero-order chi connectivity index (χ0) is 8.97. The fourth-order valence-electron chi connectivity index (χ4n) is 0.850. The van der Waals surface area contributed by atoms with Gasteiger partial charge in [-0.2, -0.15) is 0 Å². The smallest absolute Gasteiger partial charge is 0.371 e. The molecule has 0 aliphatic carbocycles. The lowest BCUT2D eigenvalue weighted by atomic mass is 10.3. The summed E-state index contributed by atoms with van der Waals surface area (Å²) in [6.07, 6.45) is 1.45. The summed E-state index contributed by atoms with van der Waals surface area (Å²) in [4.78, 5) is 10.4. The van der Waals surface area contributed by atoms with Gasteiger partial charge in [0.1, 0.15) is 0 Å². The Hall–Kier alpha value is -1.29. The molecular weight excluding hydrogens is 158 g/mol. The minimum absolute atomic E-state index is 0.0112. The Bertz CT molecular complexity index is 267. The Morgan fingerprint density at radius 1 is 1.75 bits per heavy atom. The lowest BCUT2D eigenvalue weighted by molar-refractivity contribution is 0.0662. The maximum atomic E-state index is 10.4. The van der Waals surface area contributed by atoms with Gasteiger partial charge in [-0.05, 0) is 12.6 Å². The van der Waals surface area contributed by atoms with Gasteiger partial charge in [0.15, 0.2) is 0 Å². The predicted molar refractivity (Wildman–Crippen MR) is 43.0 cm³/mol. The van der Waals surface area contributed by atoms with Crippen LogP contribution in [0.3, 0.4) is 0 Å². The van der Waals surface area contributed by atoms with Crippen molar-refractivity contribution in [2.45, 2.75) is 13.5 Å². The van der Waals surface area contributed by atoms with Crippen LogP contribution in [0.5, 0.6) is 0 Å². The number of hydrogen-bond acceptors (Lipinski definition) is 3. The van der Waals surface area contributed by atoms with Crippen LogP contribution >= 0.6 is 0 Å². The Labute approximate surface area is 70.2 Å². The van der Waals surface area contributed by atoms with E-state index in [1.165, 1.54) is 12.3 Å². The first-order chi connectivity index (χ1) is 5.74. The Morgan fingerprint density at radius 2 is 2.50 bits per heavy atom. The summed E-state index contributed by atoms with van der Waals surface area (Å²) in [7, 11) is 0. The third-order valence-electron chi connectivity index (χ3n) is 1.44. The maximum absolute atomic E-state index is 10.4. The molecule has 0 unspecified atom stereocenters. The van der Waals surface area contributed by atoms with Gasteiger partial charge < -0.3 is 14.8 Å². The molecule has 1 rings (SSSR count). The van der Waals surface area contributed by atoms with Crippen LogP contribution in [0.15, 0.2) is 16.7 Å². The van der Waals surface area contributed by atoms with Crippen LogP contribution in [0.25, 0.3) is 0 Å². The summed E-state index contributed by atoms with van der Waals surface area (Å²) in [6, 6.07) is 1.52. The molecule has 0 aromatic carbocycles. The second kappa shape index (κ2) is 3.92. The quantitative estimate of drug-likeness (QED) is 0.708. The van der Waals surface area contributed by atoms with E-state index in [0.29, 0.717) is 6.54 Å². The average molecular weight is 169 g/mol. The number of carboxylic acid groups (broad SMARTS) is 1. The van der Waals surface area contributed by atoms with Crippen molar-refractivity contribution in [2.75, 3.05) is 6.54 Å². The molecule has 0 fully saturated rings. The van der Waals surface area contributed by atoms with Gasteiger partial charge in [0.05, 0.1) is 6.26 Å². The summed E-state index contributed by atoms with van der Waals surface area (Å²) in [6.45, 7) is 3.49. The van der Waals surface area contributed by atoms with Gasteiger partial charge in [-0.25, -0.2) is 4.79 Å². The number of rotatable bonds is 4. The number of furan rings is 1. The van der Waals surface area contributed by atoms with Crippen molar-refractivity contribution in [2.24, 2.45) is 0 Å². The van der Waals surface area contributed by atoms with Crippen molar-refractivity contribution < 1.29 is 14.3 Å². The van der Waals surface area contributed by atoms with Crippen LogP contribution in [0.1, 0.15) is 23.0 Å². The van der Waals surface area contributed by atoms with Gasteiger partial charge >= 0.3 is 5.97 Å². The first-order valence-corrected chi connectivity index (χ1v) is 3.75. The molecule has 0 amide bonds. The maximum Gasteiger partial charge on any atom is 0.371 e. The van der Waals surface area contributed by atoms with E-state index in [4.69, 9.17) is 9.52 Å². The van der Waals surface area contributed by atoms with E-state index in [9.17, 15) is 4.79 Å². The standard InChI is InChI=1S/C8H11NO3/c1-2-9-4-6-3-7(8(10)11)12-5-6/h3,5,9H,2,4H2,1H3,(H,10,11). The molecule has 1 heterocycles. The summed E-state index contributed by atoms with van der Waals surface area (Å²) >= 11 is 0. The topological polar surface area (TPSA) is 62.5 Å². The van der Waals surface area contributed by atoms with Gasteiger partial charge in [-0.15, -0.1) is 0 Å². The third kappa shape index (κ3) is 2.10. The van der Waals surface area contributed by atoms with E-state index >= 15 is 0 Å². The van der Waals surface area contributed by atoms with E-state index in [1.807, 2.05) is 6.92 Å². The minimum atomic E-state index is -1.03. The van der Waals surface area contributed by atoms with E-state index in [1.54, 1.807) is 0 Å². The zero-order valence-electron chi connectivity index (χ0n) is 6.83. The monoisotopic (exact) mass is 169 g/mol. The molecule has 1 aromatic heterocycles. The lowest BCUT2D eigenvalue weighted by Gasteiger charge is -1.94. The highest BCUT2D eigenvalue weighted by Crippen LogP contribution is 2.06. The molecular formula is C8H11NO3. The van der Waals surface area contributed by atoms with Crippen LogP contribution in [-0.2, 0) is 6.54 Å². The molecule has 1 aromatic rings. The summed E-state index contributed by atoms with van der Waals surface area (Å²) in [5.41, 5.74) is 0.856. The molecule has 0 aliphatic heterocycles. The largest absolute Gasteiger partial charge is 0.475 e. The predicted octanol–water partition coefficient (Wildman–Crippen LogP) is 1.09. The number of carboxylic acids is 1. The second-order valence-corrected chi connectivity index (χ2v) is 2.40. The van der Waals surface area contributed by atoms with E-state index in [0.717, 1.165) is 12.1 Å². The summed E-state index contributed by atoms with van der Waals surface area (Å²) in [5.74, 6) is -1.04. The first kappa shape index (κ1) is 8.80. The van der Waals surface area contributed by atoms with Crippen molar-refractivity contribution in [1.29, 1.82) is 0 Å². The molecule has 0 spiro atoms. The van der Waals surface area contributed by atoms with Gasteiger partial charge in [0, 0.05) is 12.1 Å². The third-order valence-corrected chi connectivity index (χ3v) is 1.44. The van der Waals surface area contributed by atoms with Gasteiger partial charge in [0.2, 0.25) is 5.76 Å². The normalized spacial score (nSPS) is 10.1. The summed E-state index contributed by atoms with van der Waals surface area (Å²) < 4.78 is 4.78. The molecule has 4 heteroatoms. The Morgan fingerprint density at radius 3 is 3.00 bits per heavy atom. The van der Waals surface area contributed by atoms with E-state index in [2.05, 4.69) is 5.32 Å². The van der Waals surface area contributed by atoms with Crippen molar-refractivity contribution >= 4 is 5.97 Å². The number of hydrogen-bond donors (Lipinski definition) is 2. The van der Waals surface area contributed by atoms with E-state index in [-0.39, 0.29) is 5.76 Å². The molecule has 0 saturated carbocycles. The molecule has 0 radical (unpaired) electrons. The lowest BCUT2D eigenvalue weighted by Crippen LogP contribution is -2.10. The molecule has 12 heavy (non-hydrogen) atoms. The highest BCUT2D eigenvalue weighted by molar-refractivity contribution is 5.84. The average Bonchev–Trinajstić information content (AvgIpc) is 2.48. The fourth-order valence-corrected chi connectivity index (χ4v) is 0.850. The highest BCUT2D eigenvalue weighted by atomic mass is 16.4. The molecule has 0 atom stereocenters. The molecule has 2 N–H and O–H groups in total. The Kier molecular flexibility index (Phi) is 2.88. The first-order valence-electron chi connectivity index (χ1n) is 3.75. The highest BCUT2D eigenvalue weighted by Gasteiger charge is 2.07. The number of carbonyl (C=O) groups is 1. The van der Waals surface area contributed by atoms with Crippen molar-refractivity contribution in [3.05, 3.63) is 23.7 Å². The SMILES string of the molecule is CCNCc1coc(C(=O)O)c1. The van der Waals surface area contributed by atoms with Gasteiger partial charge in [0.25, 0.3) is 0 Å². The fraction of sp³-hybridized carbons (Fsp3) is 0.375. The van der Waals surface area contributed by atoms with Crippen LogP contribution in [0.4, 0.5) is 0 Å². The Balaban J connectivity index is 2.58. The molecule has 0 aliphatic rings. The van der Waals surface area contributed by atoms with Crippen molar-refractivity contribution in [3.63, 3.8) is 0 Å². The zero-order valence-corrected chi connectivity index (χ0v) is 6.83. The van der Waals surface area contributed by atoms with Gasteiger partial charge in [-0.3, -0.25) is 0 Å². The van der Waals surface area contributed by atoms with E-state index < -0.39 is 5.97 Å². The van der Waals surface area contributed by atoms with Crippen molar-refractivity contribution in [1.82, 2.24) is 5.32 Å². The minimum Gasteiger partial charge on any atom is -0.475 e. The number of nitrogens with one attached hydrogen (secondary N) is 1. The van der Waals surface area contributed by atoms with Crippen molar-refractivity contribution in [3.8, 4) is 0 Å². The molecule has 66 valence electrons. The second-order valence-electron chi connectivity index (χ2n) is 2.40.